The van der Waals surface area contributed by atoms with Crippen molar-refractivity contribution in [2.24, 2.45) is 0 Å². The molecule has 0 aliphatic rings. The van der Waals surface area contributed by atoms with Crippen molar-refractivity contribution in [2.75, 3.05) is 19.7 Å². The summed E-state index contributed by atoms with van der Waals surface area (Å²) in [6.45, 7) is 11.1. The van der Waals surface area contributed by atoms with Gasteiger partial charge in [0.05, 0.1) is 0 Å². The van der Waals surface area contributed by atoms with Crippen molar-refractivity contribution in [3.63, 3.8) is 0 Å². The number of benzene rings is 1. The minimum atomic E-state index is 0.734. The molecule has 1 rings (SSSR count). The van der Waals surface area contributed by atoms with Gasteiger partial charge >= 0.3 is 0 Å². The maximum atomic E-state index is 5.74. The summed E-state index contributed by atoms with van der Waals surface area (Å²) in [7, 11) is 0. The van der Waals surface area contributed by atoms with Crippen molar-refractivity contribution in [3.05, 3.63) is 28.8 Å². The molecule has 0 saturated carbocycles. The smallest absolute Gasteiger partial charge is 0.122 e. The molecule has 0 aromatic heterocycles. The summed E-state index contributed by atoms with van der Waals surface area (Å²) in [5.74, 6) is 1.02. The molecule has 0 bridgehead atoms. The van der Waals surface area contributed by atoms with Crippen molar-refractivity contribution < 1.29 is 4.74 Å². The summed E-state index contributed by atoms with van der Waals surface area (Å²) >= 11 is 0. The van der Waals surface area contributed by atoms with Gasteiger partial charge in [-0.1, -0.05) is 13.0 Å². The molecule has 0 aliphatic heterocycles. The van der Waals surface area contributed by atoms with Crippen LogP contribution in [0.25, 0.3) is 0 Å². The second kappa shape index (κ2) is 5.76. The van der Waals surface area contributed by atoms with Crippen LogP contribution in [0, 0.1) is 20.8 Å². The number of hydrogen-bond donors (Lipinski definition) is 1. The topological polar surface area (TPSA) is 21.3 Å². The Kier molecular flexibility index (Phi) is 4.63. The highest BCUT2D eigenvalue weighted by Gasteiger charge is 2.03. The Morgan fingerprint density at radius 2 is 1.93 bits per heavy atom. The van der Waals surface area contributed by atoms with Gasteiger partial charge in [0.25, 0.3) is 0 Å². The van der Waals surface area contributed by atoms with Gasteiger partial charge in [-0.15, -0.1) is 0 Å². The molecule has 0 radical (unpaired) electrons. The van der Waals surface area contributed by atoms with Crippen LogP contribution in [-0.4, -0.2) is 19.7 Å². The van der Waals surface area contributed by atoms with Crippen LogP contribution >= 0.6 is 0 Å². The highest BCUT2D eigenvalue weighted by atomic mass is 16.5. The van der Waals surface area contributed by atoms with Crippen molar-refractivity contribution in [1.82, 2.24) is 5.32 Å². The number of rotatable bonds is 5. The summed E-state index contributed by atoms with van der Waals surface area (Å²) in [6, 6.07) is 4.29. The lowest BCUT2D eigenvalue weighted by Gasteiger charge is -2.12. The van der Waals surface area contributed by atoms with E-state index in [1.807, 2.05) is 0 Å². The van der Waals surface area contributed by atoms with Gasteiger partial charge in [0.1, 0.15) is 12.4 Å². The Morgan fingerprint density at radius 3 is 2.60 bits per heavy atom. The van der Waals surface area contributed by atoms with E-state index in [0.717, 1.165) is 25.4 Å². The number of aryl methyl sites for hydroxylation is 2. The molecule has 84 valence electrons. The second-order valence-electron chi connectivity index (χ2n) is 3.91. The maximum Gasteiger partial charge on any atom is 0.122 e. The third-order valence-corrected chi connectivity index (χ3v) is 2.55. The number of likely N-dealkylation sites (N-methyl/N-ethyl adjacent to an activating group) is 1. The molecule has 1 aromatic rings. The average molecular weight is 207 g/mol. The van der Waals surface area contributed by atoms with Crippen molar-refractivity contribution in [1.29, 1.82) is 0 Å². The molecule has 15 heavy (non-hydrogen) atoms. The molecule has 0 spiro atoms. The van der Waals surface area contributed by atoms with Crippen LogP contribution in [0.3, 0.4) is 0 Å². The largest absolute Gasteiger partial charge is 0.492 e. The van der Waals surface area contributed by atoms with E-state index in [-0.39, 0.29) is 0 Å². The zero-order valence-corrected chi connectivity index (χ0v) is 10.2. The molecule has 0 heterocycles. The second-order valence-corrected chi connectivity index (χ2v) is 3.91. The molecular formula is C13H21NO. The van der Waals surface area contributed by atoms with Gasteiger partial charge in [0.15, 0.2) is 0 Å². The fourth-order valence-electron chi connectivity index (χ4n) is 1.56. The molecule has 0 saturated heterocycles. The van der Waals surface area contributed by atoms with Gasteiger partial charge in [-0.25, -0.2) is 0 Å². The van der Waals surface area contributed by atoms with Crippen LogP contribution < -0.4 is 10.1 Å². The molecule has 2 heteroatoms. The molecule has 0 unspecified atom stereocenters. The first-order valence-electron chi connectivity index (χ1n) is 5.56. The maximum absolute atomic E-state index is 5.74. The monoisotopic (exact) mass is 207 g/mol. The Balaban J connectivity index is 2.60. The van der Waals surface area contributed by atoms with Crippen molar-refractivity contribution in [2.45, 2.75) is 27.7 Å². The van der Waals surface area contributed by atoms with Crippen LogP contribution in [0.15, 0.2) is 12.1 Å². The predicted molar refractivity (Wildman–Crippen MR) is 64.7 cm³/mol. The summed E-state index contributed by atoms with van der Waals surface area (Å²) in [6.07, 6.45) is 0. The minimum absolute atomic E-state index is 0.734. The summed E-state index contributed by atoms with van der Waals surface area (Å²) in [5, 5.41) is 3.24. The summed E-state index contributed by atoms with van der Waals surface area (Å²) in [5.41, 5.74) is 3.81. The number of hydrogen-bond acceptors (Lipinski definition) is 2. The Morgan fingerprint density at radius 1 is 1.20 bits per heavy atom. The molecular weight excluding hydrogens is 186 g/mol. The van der Waals surface area contributed by atoms with Crippen LogP contribution in [0.1, 0.15) is 23.6 Å². The van der Waals surface area contributed by atoms with Crippen molar-refractivity contribution >= 4 is 0 Å². The predicted octanol–water partition coefficient (Wildman–Crippen LogP) is 2.60. The third kappa shape index (κ3) is 3.56. The van der Waals surface area contributed by atoms with E-state index in [1.54, 1.807) is 0 Å². The van der Waals surface area contributed by atoms with Crippen LogP contribution in [0.5, 0.6) is 5.75 Å². The van der Waals surface area contributed by atoms with Crippen molar-refractivity contribution in [3.8, 4) is 5.75 Å². The first-order chi connectivity index (χ1) is 7.15. The van der Waals surface area contributed by atoms with Gasteiger partial charge in [0.2, 0.25) is 0 Å². The van der Waals surface area contributed by atoms with E-state index in [2.05, 4.69) is 45.1 Å². The fraction of sp³-hybridized carbons (Fsp3) is 0.538. The molecule has 0 fully saturated rings. The Hall–Kier alpha value is -1.02. The van der Waals surface area contributed by atoms with E-state index in [0.29, 0.717) is 0 Å². The number of ether oxygens (including phenoxy) is 1. The van der Waals surface area contributed by atoms with E-state index in [1.165, 1.54) is 16.7 Å². The Labute approximate surface area is 92.6 Å². The minimum Gasteiger partial charge on any atom is -0.492 e. The standard InChI is InChI=1S/C13H21NO/c1-5-14-6-7-15-13-9-10(2)8-11(3)12(13)4/h8-9,14H,5-7H2,1-4H3. The van der Waals surface area contributed by atoms with Gasteiger partial charge in [0, 0.05) is 6.54 Å². The van der Waals surface area contributed by atoms with Crippen LogP contribution in [0.2, 0.25) is 0 Å². The van der Waals surface area contributed by atoms with E-state index >= 15 is 0 Å². The zero-order chi connectivity index (χ0) is 11.3. The number of nitrogens with one attached hydrogen (secondary N) is 1. The average Bonchev–Trinajstić information content (AvgIpc) is 2.19. The normalized spacial score (nSPS) is 10.4. The Bertz CT molecular complexity index is 321. The van der Waals surface area contributed by atoms with Crippen LogP contribution in [-0.2, 0) is 0 Å². The quantitative estimate of drug-likeness (QED) is 0.749. The SMILES string of the molecule is CCNCCOc1cc(C)cc(C)c1C. The molecule has 1 N–H and O–H groups in total. The van der Waals surface area contributed by atoms with Gasteiger partial charge in [-0.3, -0.25) is 0 Å². The fourth-order valence-corrected chi connectivity index (χ4v) is 1.56. The first kappa shape index (κ1) is 12.1. The summed E-state index contributed by atoms with van der Waals surface area (Å²) in [4.78, 5) is 0. The van der Waals surface area contributed by atoms with E-state index in [4.69, 9.17) is 4.74 Å². The zero-order valence-electron chi connectivity index (χ0n) is 10.2. The highest BCUT2D eigenvalue weighted by molar-refractivity contribution is 5.41. The molecule has 1 aromatic carbocycles. The lowest BCUT2D eigenvalue weighted by atomic mass is 10.1. The molecule has 0 aliphatic carbocycles. The van der Waals surface area contributed by atoms with Gasteiger partial charge in [-0.2, -0.15) is 0 Å². The van der Waals surface area contributed by atoms with E-state index < -0.39 is 0 Å². The first-order valence-corrected chi connectivity index (χ1v) is 5.56. The summed E-state index contributed by atoms with van der Waals surface area (Å²) < 4.78 is 5.74. The van der Waals surface area contributed by atoms with Gasteiger partial charge in [-0.05, 0) is 50.1 Å². The molecule has 0 amide bonds. The lowest BCUT2D eigenvalue weighted by molar-refractivity contribution is 0.313. The lowest BCUT2D eigenvalue weighted by Crippen LogP contribution is -2.20. The molecule has 0 atom stereocenters. The van der Waals surface area contributed by atoms with E-state index in [9.17, 15) is 0 Å². The van der Waals surface area contributed by atoms with Crippen LogP contribution in [0.4, 0.5) is 0 Å². The van der Waals surface area contributed by atoms with Gasteiger partial charge < -0.3 is 10.1 Å². The molecule has 2 nitrogen and oxygen atoms in total. The third-order valence-electron chi connectivity index (χ3n) is 2.55. The highest BCUT2D eigenvalue weighted by Crippen LogP contribution is 2.22.